The lowest BCUT2D eigenvalue weighted by atomic mass is 10.0. The van der Waals surface area contributed by atoms with Crippen molar-refractivity contribution >= 4 is 17.7 Å². The molecule has 0 saturated heterocycles. The minimum Gasteiger partial charge on any atom is -0.493 e. The molecule has 0 radical (unpaired) electrons. The van der Waals surface area contributed by atoms with Crippen molar-refractivity contribution in [1.82, 2.24) is 0 Å². The van der Waals surface area contributed by atoms with Gasteiger partial charge in [-0.15, -0.1) is 6.58 Å². The molecule has 0 aliphatic rings. The molecular formula is C23H23FN2O3. The topological polar surface area (TPSA) is 71.4 Å². The van der Waals surface area contributed by atoms with Crippen LogP contribution in [0, 0.1) is 17.1 Å². The molecule has 2 aromatic rings. The number of hydrogen-bond acceptors (Lipinski definition) is 4. The average Bonchev–Trinajstić information content (AvgIpc) is 2.72. The third-order valence-electron chi connectivity index (χ3n) is 3.97. The number of nitrogens with zero attached hydrogens (tertiary/aromatic N) is 1. The normalized spacial score (nSPS) is 10.8. The molecule has 1 N–H and O–H groups in total. The lowest BCUT2D eigenvalue weighted by Gasteiger charge is -2.15. The molecular weight excluding hydrogens is 371 g/mol. The Hall–Kier alpha value is -3.59. The first-order chi connectivity index (χ1) is 14.0. The number of nitriles is 1. The maximum atomic E-state index is 13.0. The lowest BCUT2D eigenvalue weighted by Crippen LogP contribution is -2.13. The summed E-state index contributed by atoms with van der Waals surface area (Å²) < 4.78 is 24.3. The summed E-state index contributed by atoms with van der Waals surface area (Å²) in [5, 5.41) is 12.0. The zero-order valence-electron chi connectivity index (χ0n) is 16.5. The van der Waals surface area contributed by atoms with Crippen molar-refractivity contribution in [2.75, 3.05) is 19.0 Å². The summed E-state index contributed by atoms with van der Waals surface area (Å²) in [4.78, 5) is 12.4. The van der Waals surface area contributed by atoms with Gasteiger partial charge in [-0.2, -0.15) is 5.26 Å². The van der Waals surface area contributed by atoms with Crippen LogP contribution >= 0.6 is 0 Å². The van der Waals surface area contributed by atoms with Crippen LogP contribution in [-0.4, -0.2) is 19.6 Å². The highest BCUT2D eigenvalue weighted by molar-refractivity contribution is 6.09. The Labute approximate surface area is 170 Å². The monoisotopic (exact) mass is 394 g/mol. The van der Waals surface area contributed by atoms with Crippen LogP contribution in [0.2, 0.25) is 0 Å². The molecule has 0 aromatic heterocycles. The van der Waals surface area contributed by atoms with E-state index in [-0.39, 0.29) is 5.57 Å². The minimum absolute atomic E-state index is 0.0943. The SMILES string of the molecule is C=CCc1cc(/C=C(\C#N)C(=O)Nc2ccc(F)cc2)cc(OC)c1OCCC. The van der Waals surface area contributed by atoms with E-state index in [2.05, 4.69) is 11.9 Å². The van der Waals surface area contributed by atoms with Gasteiger partial charge >= 0.3 is 0 Å². The smallest absolute Gasteiger partial charge is 0.266 e. The van der Waals surface area contributed by atoms with Gasteiger partial charge in [-0.3, -0.25) is 4.79 Å². The Morgan fingerprint density at radius 3 is 2.62 bits per heavy atom. The first-order valence-corrected chi connectivity index (χ1v) is 9.15. The molecule has 0 spiro atoms. The summed E-state index contributed by atoms with van der Waals surface area (Å²) in [6, 6.07) is 10.7. The number of anilines is 1. The van der Waals surface area contributed by atoms with E-state index >= 15 is 0 Å². The fourth-order valence-corrected chi connectivity index (χ4v) is 2.64. The zero-order chi connectivity index (χ0) is 21.2. The van der Waals surface area contributed by atoms with Gasteiger partial charge in [0.1, 0.15) is 17.5 Å². The van der Waals surface area contributed by atoms with E-state index in [0.29, 0.717) is 35.8 Å². The van der Waals surface area contributed by atoms with E-state index in [1.54, 1.807) is 12.1 Å². The number of carbonyl (C=O) groups is 1. The number of benzene rings is 2. The van der Waals surface area contributed by atoms with Crippen LogP contribution in [0.5, 0.6) is 11.5 Å². The van der Waals surface area contributed by atoms with Crippen molar-refractivity contribution < 1.29 is 18.7 Å². The molecule has 0 bridgehead atoms. The van der Waals surface area contributed by atoms with E-state index in [9.17, 15) is 14.4 Å². The van der Waals surface area contributed by atoms with E-state index in [0.717, 1.165) is 12.0 Å². The third kappa shape index (κ3) is 5.94. The van der Waals surface area contributed by atoms with Gasteiger partial charge in [0.2, 0.25) is 0 Å². The van der Waals surface area contributed by atoms with Gasteiger partial charge < -0.3 is 14.8 Å². The molecule has 0 atom stereocenters. The Morgan fingerprint density at radius 1 is 1.31 bits per heavy atom. The summed E-state index contributed by atoms with van der Waals surface area (Å²) in [5.41, 5.74) is 1.76. The number of rotatable bonds is 9. The van der Waals surface area contributed by atoms with Crippen LogP contribution in [0.4, 0.5) is 10.1 Å². The number of halogens is 1. The highest BCUT2D eigenvalue weighted by Crippen LogP contribution is 2.34. The quantitative estimate of drug-likeness (QED) is 0.373. The average molecular weight is 394 g/mol. The first-order valence-electron chi connectivity index (χ1n) is 9.15. The number of methoxy groups -OCH3 is 1. The Kier molecular flexibility index (Phi) is 7.99. The van der Waals surface area contributed by atoms with Gasteiger partial charge in [-0.25, -0.2) is 4.39 Å². The second-order valence-electron chi connectivity index (χ2n) is 6.18. The molecule has 0 fully saturated rings. The number of carbonyl (C=O) groups excluding carboxylic acids is 1. The largest absolute Gasteiger partial charge is 0.493 e. The molecule has 0 unspecified atom stereocenters. The van der Waals surface area contributed by atoms with E-state index in [1.807, 2.05) is 19.1 Å². The molecule has 1 amide bonds. The van der Waals surface area contributed by atoms with Crippen LogP contribution in [0.3, 0.4) is 0 Å². The van der Waals surface area contributed by atoms with Gasteiger partial charge in [-0.1, -0.05) is 13.0 Å². The van der Waals surface area contributed by atoms with Gasteiger partial charge in [0.15, 0.2) is 11.5 Å². The van der Waals surface area contributed by atoms with Crippen molar-refractivity contribution in [3.05, 3.63) is 71.6 Å². The zero-order valence-corrected chi connectivity index (χ0v) is 16.5. The molecule has 150 valence electrons. The predicted octanol–water partition coefficient (Wildman–Crippen LogP) is 4.90. The van der Waals surface area contributed by atoms with Gasteiger partial charge in [-0.05, 0) is 60.9 Å². The van der Waals surface area contributed by atoms with E-state index in [1.165, 1.54) is 37.5 Å². The third-order valence-corrected chi connectivity index (χ3v) is 3.97. The van der Waals surface area contributed by atoms with Crippen molar-refractivity contribution in [1.29, 1.82) is 5.26 Å². The minimum atomic E-state index is -0.588. The molecule has 5 nitrogen and oxygen atoms in total. The molecule has 2 rings (SSSR count). The van der Waals surface area contributed by atoms with E-state index < -0.39 is 11.7 Å². The van der Waals surface area contributed by atoms with Gasteiger partial charge in [0.05, 0.1) is 13.7 Å². The number of ether oxygens (including phenoxy) is 2. The Morgan fingerprint density at radius 2 is 2.03 bits per heavy atom. The fraction of sp³-hybridized carbons (Fsp3) is 0.217. The molecule has 2 aromatic carbocycles. The van der Waals surface area contributed by atoms with Gasteiger partial charge in [0.25, 0.3) is 5.91 Å². The van der Waals surface area contributed by atoms with Crippen LogP contribution in [0.15, 0.2) is 54.6 Å². The van der Waals surface area contributed by atoms with Gasteiger partial charge in [0, 0.05) is 11.3 Å². The molecule has 0 aliphatic carbocycles. The summed E-state index contributed by atoms with van der Waals surface area (Å²) in [5.74, 6) is 0.141. The van der Waals surface area contributed by atoms with Crippen molar-refractivity contribution in [2.45, 2.75) is 19.8 Å². The van der Waals surface area contributed by atoms with E-state index in [4.69, 9.17) is 9.47 Å². The Bertz CT molecular complexity index is 944. The number of nitrogens with one attached hydrogen (secondary N) is 1. The summed E-state index contributed by atoms with van der Waals surface area (Å²) in [7, 11) is 1.53. The van der Waals surface area contributed by atoms with Crippen molar-refractivity contribution in [3.63, 3.8) is 0 Å². The van der Waals surface area contributed by atoms with Crippen LogP contribution in [0.25, 0.3) is 6.08 Å². The lowest BCUT2D eigenvalue weighted by molar-refractivity contribution is -0.112. The first kappa shape index (κ1) is 21.7. The second kappa shape index (κ2) is 10.7. The summed E-state index contributed by atoms with van der Waals surface area (Å²) in [6.45, 7) is 6.32. The maximum Gasteiger partial charge on any atom is 0.266 e. The molecule has 0 heterocycles. The highest BCUT2D eigenvalue weighted by atomic mass is 19.1. The summed E-state index contributed by atoms with van der Waals surface area (Å²) in [6.07, 6.45) is 4.60. The molecule has 29 heavy (non-hydrogen) atoms. The predicted molar refractivity (Wildman–Crippen MR) is 111 cm³/mol. The Balaban J connectivity index is 2.37. The van der Waals surface area contributed by atoms with Crippen molar-refractivity contribution in [3.8, 4) is 17.6 Å². The standard InChI is InChI=1S/C23H23FN2O3/c1-4-6-17-12-16(14-21(28-3)22(17)29-11-5-2)13-18(15-25)23(27)26-20-9-7-19(24)8-10-20/h4,7-10,12-14H,1,5-6,11H2,2-3H3,(H,26,27)/b18-13+. The maximum absolute atomic E-state index is 13.0. The van der Waals surface area contributed by atoms with Crippen LogP contribution in [0.1, 0.15) is 24.5 Å². The number of amides is 1. The fourth-order valence-electron chi connectivity index (χ4n) is 2.64. The van der Waals surface area contributed by atoms with Crippen molar-refractivity contribution in [2.24, 2.45) is 0 Å². The molecule has 6 heteroatoms. The van der Waals surface area contributed by atoms with Crippen LogP contribution < -0.4 is 14.8 Å². The number of allylic oxidation sites excluding steroid dienone is 1. The van der Waals surface area contributed by atoms with Crippen LogP contribution in [-0.2, 0) is 11.2 Å². The summed E-state index contributed by atoms with van der Waals surface area (Å²) >= 11 is 0. The number of hydrogen-bond donors (Lipinski definition) is 1. The highest BCUT2D eigenvalue weighted by Gasteiger charge is 2.14. The second-order valence-corrected chi connectivity index (χ2v) is 6.18. The molecule has 0 aliphatic heterocycles. The molecule has 0 saturated carbocycles.